The zero-order valence-electron chi connectivity index (χ0n) is 8.44. The van der Waals surface area contributed by atoms with Crippen LogP contribution in [0, 0.1) is 0 Å². The van der Waals surface area contributed by atoms with Gasteiger partial charge < -0.3 is 14.4 Å². The first-order chi connectivity index (χ1) is 6.73. The van der Waals surface area contributed by atoms with Gasteiger partial charge in [-0.2, -0.15) is 0 Å². The lowest BCUT2D eigenvalue weighted by Gasteiger charge is -2.24. The first-order valence-electron chi connectivity index (χ1n) is 4.97. The Labute approximate surface area is 83.5 Å². The van der Waals surface area contributed by atoms with Gasteiger partial charge in [0.2, 0.25) is 0 Å². The molecule has 1 saturated heterocycles. The number of hydrogen-bond donors (Lipinski definition) is 1. The summed E-state index contributed by atoms with van der Waals surface area (Å²) in [6.45, 7) is 3.78. The van der Waals surface area contributed by atoms with Gasteiger partial charge in [-0.05, 0) is 19.8 Å². The summed E-state index contributed by atoms with van der Waals surface area (Å²) in [7, 11) is 0. The molecule has 4 heteroatoms. The van der Waals surface area contributed by atoms with E-state index in [9.17, 15) is 0 Å². The van der Waals surface area contributed by atoms with Gasteiger partial charge in [-0.15, -0.1) is 0 Å². The van der Waals surface area contributed by atoms with Crippen LogP contribution in [0.15, 0.2) is 12.5 Å². The molecular formula is C10H16N2O2. The third-order valence-electron chi connectivity index (χ3n) is 2.77. The number of aliphatic hydroxyl groups excluding tert-OH is 1. The van der Waals surface area contributed by atoms with Crippen molar-refractivity contribution < 1.29 is 9.84 Å². The minimum atomic E-state index is -0.0787. The van der Waals surface area contributed by atoms with E-state index in [2.05, 4.69) is 11.9 Å². The average molecular weight is 196 g/mol. The van der Waals surface area contributed by atoms with Gasteiger partial charge in [0.15, 0.2) is 0 Å². The van der Waals surface area contributed by atoms with E-state index in [4.69, 9.17) is 9.84 Å². The molecule has 1 aliphatic heterocycles. The van der Waals surface area contributed by atoms with E-state index in [-0.39, 0.29) is 12.2 Å². The van der Waals surface area contributed by atoms with E-state index in [1.54, 1.807) is 12.5 Å². The van der Waals surface area contributed by atoms with Crippen LogP contribution < -0.4 is 0 Å². The van der Waals surface area contributed by atoms with Gasteiger partial charge in [0.05, 0.1) is 37.0 Å². The third-order valence-corrected chi connectivity index (χ3v) is 2.77. The first kappa shape index (κ1) is 9.68. The monoisotopic (exact) mass is 196 g/mol. The number of ether oxygens (including phenoxy) is 1. The zero-order chi connectivity index (χ0) is 10.0. The van der Waals surface area contributed by atoms with Crippen LogP contribution in [0.1, 0.15) is 25.5 Å². The minimum absolute atomic E-state index is 0.0378. The summed E-state index contributed by atoms with van der Waals surface area (Å²) in [5.74, 6) is 0. The Balaban J connectivity index is 2.09. The quantitative estimate of drug-likeness (QED) is 0.782. The summed E-state index contributed by atoms with van der Waals surface area (Å²) in [4.78, 5) is 4.01. The van der Waals surface area contributed by atoms with Crippen molar-refractivity contribution in [2.75, 3.05) is 6.61 Å². The molecule has 4 nitrogen and oxygen atoms in total. The predicted octanol–water partition coefficient (Wildman–Crippen LogP) is 0.944. The fraction of sp³-hybridized carbons (Fsp3) is 0.700. The summed E-state index contributed by atoms with van der Waals surface area (Å²) in [5.41, 5.74) is 0.770. The van der Waals surface area contributed by atoms with Crippen LogP contribution in [0.5, 0.6) is 0 Å². The summed E-state index contributed by atoms with van der Waals surface area (Å²) < 4.78 is 7.65. The number of nitrogens with zero attached hydrogens (tertiary/aromatic N) is 2. The Morgan fingerprint density at radius 1 is 1.71 bits per heavy atom. The molecule has 0 aromatic carbocycles. The standard InChI is InChI=1S/C10H16N2O2/c1-10(3-2-4-14-10)7-12-8-11-5-9(12)6-13/h5,8,13H,2-4,6-7H2,1H3. The number of imidazole rings is 1. The molecule has 0 bridgehead atoms. The molecule has 0 radical (unpaired) electrons. The highest BCUT2D eigenvalue weighted by Crippen LogP contribution is 2.27. The van der Waals surface area contributed by atoms with Gasteiger partial charge in [-0.25, -0.2) is 4.98 Å². The second kappa shape index (κ2) is 3.71. The van der Waals surface area contributed by atoms with Crippen molar-refractivity contribution in [3.63, 3.8) is 0 Å². The van der Waals surface area contributed by atoms with Crippen molar-refractivity contribution in [2.24, 2.45) is 0 Å². The molecular weight excluding hydrogens is 180 g/mol. The lowest BCUT2D eigenvalue weighted by atomic mass is 10.0. The lowest BCUT2D eigenvalue weighted by molar-refractivity contribution is 0.00510. The highest BCUT2D eigenvalue weighted by molar-refractivity contribution is 4.98. The van der Waals surface area contributed by atoms with Crippen molar-refractivity contribution in [3.05, 3.63) is 18.2 Å². The molecule has 1 unspecified atom stereocenters. The van der Waals surface area contributed by atoms with Crippen LogP contribution in [-0.4, -0.2) is 26.9 Å². The van der Waals surface area contributed by atoms with E-state index in [0.717, 1.165) is 31.7 Å². The normalized spacial score (nSPS) is 27.0. The van der Waals surface area contributed by atoms with Gasteiger partial charge in [-0.1, -0.05) is 0 Å². The Kier molecular flexibility index (Phi) is 2.56. The molecule has 0 spiro atoms. The van der Waals surface area contributed by atoms with Crippen LogP contribution in [0.25, 0.3) is 0 Å². The predicted molar refractivity (Wildman–Crippen MR) is 51.7 cm³/mol. The van der Waals surface area contributed by atoms with Crippen molar-refractivity contribution in [1.29, 1.82) is 0 Å². The van der Waals surface area contributed by atoms with Crippen molar-refractivity contribution >= 4 is 0 Å². The van der Waals surface area contributed by atoms with E-state index < -0.39 is 0 Å². The number of hydrogen-bond acceptors (Lipinski definition) is 3. The molecule has 0 saturated carbocycles. The second-order valence-corrected chi connectivity index (χ2v) is 4.07. The second-order valence-electron chi connectivity index (χ2n) is 4.07. The molecule has 1 N–H and O–H groups in total. The van der Waals surface area contributed by atoms with Crippen LogP contribution in [0.4, 0.5) is 0 Å². The van der Waals surface area contributed by atoms with Crippen molar-refractivity contribution in [3.8, 4) is 0 Å². The van der Waals surface area contributed by atoms with Gasteiger partial charge in [0, 0.05) is 6.61 Å². The van der Waals surface area contributed by atoms with Gasteiger partial charge >= 0.3 is 0 Å². The fourth-order valence-electron chi connectivity index (χ4n) is 1.94. The highest BCUT2D eigenvalue weighted by atomic mass is 16.5. The van der Waals surface area contributed by atoms with E-state index >= 15 is 0 Å². The smallest absolute Gasteiger partial charge is 0.0949 e. The van der Waals surface area contributed by atoms with E-state index in [0.29, 0.717) is 0 Å². The molecule has 78 valence electrons. The average Bonchev–Trinajstić information content (AvgIpc) is 2.75. The Bertz CT molecular complexity index is 303. The van der Waals surface area contributed by atoms with E-state index in [1.165, 1.54) is 0 Å². The van der Waals surface area contributed by atoms with Crippen molar-refractivity contribution in [1.82, 2.24) is 9.55 Å². The van der Waals surface area contributed by atoms with Crippen LogP contribution in [0.3, 0.4) is 0 Å². The lowest BCUT2D eigenvalue weighted by Crippen LogP contribution is -2.29. The molecule has 0 aliphatic carbocycles. The molecule has 1 atom stereocenters. The summed E-state index contributed by atoms with van der Waals surface area (Å²) >= 11 is 0. The minimum Gasteiger partial charge on any atom is -0.390 e. The maximum atomic E-state index is 9.06. The molecule has 1 aromatic rings. The van der Waals surface area contributed by atoms with Crippen LogP contribution in [0.2, 0.25) is 0 Å². The zero-order valence-corrected chi connectivity index (χ0v) is 8.44. The van der Waals surface area contributed by atoms with Gasteiger partial charge in [0.25, 0.3) is 0 Å². The molecule has 14 heavy (non-hydrogen) atoms. The van der Waals surface area contributed by atoms with Crippen LogP contribution in [-0.2, 0) is 17.9 Å². The number of aliphatic hydroxyl groups is 1. The molecule has 2 heterocycles. The highest BCUT2D eigenvalue weighted by Gasteiger charge is 2.30. The summed E-state index contributed by atoms with van der Waals surface area (Å²) in [6, 6.07) is 0. The SMILES string of the molecule is CC1(Cn2cncc2CO)CCCO1. The molecule has 2 rings (SSSR count). The molecule has 1 aromatic heterocycles. The number of rotatable bonds is 3. The Morgan fingerprint density at radius 2 is 2.57 bits per heavy atom. The Hall–Kier alpha value is -0.870. The maximum absolute atomic E-state index is 9.06. The molecule has 1 aliphatic rings. The maximum Gasteiger partial charge on any atom is 0.0949 e. The first-order valence-corrected chi connectivity index (χ1v) is 4.97. The topological polar surface area (TPSA) is 47.3 Å². The van der Waals surface area contributed by atoms with Crippen molar-refractivity contribution in [2.45, 2.75) is 38.5 Å². The molecule has 0 amide bonds. The molecule has 1 fully saturated rings. The third kappa shape index (κ3) is 1.81. The fourth-order valence-corrected chi connectivity index (χ4v) is 1.94. The largest absolute Gasteiger partial charge is 0.390 e. The van der Waals surface area contributed by atoms with Gasteiger partial charge in [0.1, 0.15) is 0 Å². The van der Waals surface area contributed by atoms with E-state index in [1.807, 2.05) is 4.57 Å². The van der Waals surface area contributed by atoms with Gasteiger partial charge in [-0.3, -0.25) is 0 Å². The number of aromatic nitrogens is 2. The summed E-state index contributed by atoms with van der Waals surface area (Å²) in [6.07, 6.45) is 5.65. The van der Waals surface area contributed by atoms with Crippen LogP contribution >= 0.6 is 0 Å². The summed E-state index contributed by atoms with van der Waals surface area (Å²) in [5, 5.41) is 9.06. The Morgan fingerprint density at radius 3 is 3.21 bits per heavy atom.